The Hall–Kier alpha value is -0.980. The molecule has 0 spiro atoms. The highest BCUT2D eigenvalue weighted by Gasteiger charge is 2.04. The van der Waals surface area contributed by atoms with Crippen LogP contribution in [-0.2, 0) is 6.42 Å². The standard InChI is InChI=1S/C10H13N.C7H16/c1-2-7-10-9(5-1)6-3-4-8-11-10;1-3-5-7-6-4-2/h1-2,5,7,11H,3-4,6,8H2;3-7H2,1-2H3. The molecule has 0 saturated heterocycles. The number of anilines is 1. The van der Waals surface area contributed by atoms with Crippen LogP contribution in [-0.4, -0.2) is 6.54 Å². The molecule has 102 valence electrons. The fourth-order valence-corrected chi connectivity index (χ4v) is 2.25. The molecule has 0 unspecified atom stereocenters. The highest BCUT2D eigenvalue weighted by molar-refractivity contribution is 5.51. The molecule has 0 fully saturated rings. The van der Waals surface area contributed by atoms with Gasteiger partial charge in [-0.3, -0.25) is 0 Å². The number of nitrogens with one attached hydrogen (secondary N) is 1. The molecule has 0 amide bonds. The van der Waals surface area contributed by atoms with Crippen molar-refractivity contribution in [2.75, 3.05) is 11.9 Å². The van der Waals surface area contributed by atoms with Crippen molar-refractivity contribution in [1.29, 1.82) is 0 Å². The van der Waals surface area contributed by atoms with Crippen molar-refractivity contribution >= 4 is 5.69 Å². The summed E-state index contributed by atoms with van der Waals surface area (Å²) in [5.74, 6) is 0. The monoisotopic (exact) mass is 247 g/mol. The molecule has 0 atom stereocenters. The molecular formula is C17H29N. The second-order valence-corrected chi connectivity index (χ2v) is 5.10. The lowest BCUT2D eigenvalue weighted by molar-refractivity contribution is 0.656. The van der Waals surface area contributed by atoms with E-state index in [-0.39, 0.29) is 0 Å². The van der Waals surface area contributed by atoms with Gasteiger partial charge in [-0.15, -0.1) is 0 Å². The van der Waals surface area contributed by atoms with Crippen LogP contribution in [0.4, 0.5) is 5.69 Å². The third-order valence-electron chi connectivity index (χ3n) is 3.41. The van der Waals surface area contributed by atoms with Gasteiger partial charge >= 0.3 is 0 Å². The van der Waals surface area contributed by atoms with Gasteiger partial charge in [0.15, 0.2) is 0 Å². The molecule has 0 bridgehead atoms. The number of benzene rings is 1. The number of unbranched alkanes of at least 4 members (excludes halogenated alkanes) is 4. The van der Waals surface area contributed by atoms with Gasteiger partial charge in [-0.05, 0) is 30.9 Å². The zero-order valence-electron chi connectivity index (χ0n) is 12.2. The molecule has 1 aromatic rings. The van der Waals surface area contributed by atoms with Crippen LogP contribution in [0.15, 0.2) is 24.3 Å². The third-order valence-corrected chi connectivity index (χ3v) is 3.41. The van der Waals surface area contributed by atoms with E-state index in [0.29, 0.717) is 0 Å². The topological polar surface area (TPSA) is 12.0 Å². The second-order valence-electron chi connectivity index (χ2n) is 5.10. The predicted octanol–water partition coefficient (Wildman–Crippen LogP) is 5.41. The summed E-state index contributed by atoms with van der Waals surface area (Å²) in [6.07, 6.45) is 10.9. The Balaban J connectivity index is 0.000000203. The molecule has 0 radical (unpaired) electrons. The summed E-state index contributed by atoms with van der Waals surface area (Å²) < 4.78 is 0. The first-order valence-corrected chi connectivity index (χ1v) is 7.70. The zero-order valence-corrected chi connectivity index (χ0v) is 12.2. The predicted molar refractivity (Wildman–Crippen MR) is 82.3 cm³/mol. The average Bonchev–Trinajstić information content (AvgIpc) is 2.65. The van der Waals surface area contributed by atoms with Crippen molar-refractivity contribution in [3.63, 3.8) is 0 Å². The van der Waals surface area contributed by atoms with E-state index < -0.39 is 0 Å². The van der Waals surface area contributed by atoms with E-state index in [1.54, 1.807) is 0 Å². The minimum Gasteiger partial charge on any atom is -0.385 e. The summed E-state index contributed by atoms with van der Waals surface area (Å²) in [6.45, 7) is 5.63. The molecule has 1 aromatic carbocycles. The minimum absolute atomic E-state index is 1.14. The first kappa shape index (κ1) is 15.1. The van der Waals surface area contributed by atoms with Crippen LogP contribution in [0.25, 0.3) is 0 Å². The summed E-state index contributed by atoms with van der Waals surface area (Å²) in [5.41, 5.74) is 2.81. The normalized spacial score (nSPS) is 13.7. The van der Waals surface area contributed by atoms with Crippen LogP contribution in [0.2, 0.25) is 0 Å². The van der Waals surface area contributed by atoms with E-state index in [0.717, 1.165) is 6.54 Å². The van der Waals surface area contributed by atoms with E-state index >= 15 is 0 Å². The van der Waals surface area contributed by atoms with Gasteiger partial charge in [-0.1, -0.05) is 64.2 Å². The lowest BCUT2D eigenvalue weighted by Gasteiger charge is -2.04. The van der Waals surface area contributed by atoms with Crippen molar-refractivity contribution in [3.05, 3.63) is 29.8 Å². The molecule has 1 aliphatic rings. The third kappa shape index (κ3) is 6.09. The second kappa shape index (κ2) is 9.99. The fourth-order valence-electron chi connectivity index (χ4n) is 2.25. The van der Waals surface area contributed by atoms with Crippen LogP contribution in [0.3, 0.4) is 0 Å². The molecule has 0 aromatic heterocycles. The van der Waals surface area contributed by atoms with Gasteiger partial charge in [0.05, 0.1) is 0 Å². The molecular weight excluding hydrogens is 218 g/mol. The van der Waals surface area contributed by atoms with Crippen molar-refractivity contribution in [2.24, 2.45) is 0 Å². The first-order chi connectivity index (χ1) is 8.88. The summed E-state index contributed by atoms with van der Waals surface area (Å²) in [5, 5.41) is 3.43. The molecule has 1 N–H and O–H groups in total. The van der Waals surface area contributed by atoms with Crippen molar-refractivity contribution in [2.45, 2.75) is 65.2 Å². The Kier molecular flexibility index (Phi) is 8.37. The lowest BCUT2D eigenvalue weighted by Crippen LogP contribution is -1.98. The number of hydrogen-bond acceptors (Lipinski definition) is 1. The van der Waals surface area contributed by atoms with Crippen molar-refractivity contribution < 1.29 is 0 Å². The number of aryl methyl sites for hydroxylation is 1. The van der Waals surface area contributed by atoms with Crippen LogP contribution in [0.1, 0.15) is 64.4 Å². The van der Waals surface area contributed by atoms with Gasteiger partial charge in [-0.25, -0.2) is 0 Å². The SMILES string of the molecule is CCCCCCC.c1ccc2c(c1)CCCCN2. The van der Waals surface area contributed by atoms with Gasteiger partial charge in [0.25, 0.3) is 0 Å². The van der Waals surface area contributed by atoms with Crippen LogP contribution >= 0.6 is 0 Å². The van der Waals surface area contributed by atoms with Gasteiger partial charge in [0, 0.05) is 12.2 Å². The molecule has 0 saturated carbocycles. The highest BCUT2D eigenvalue weighted by Crippen LogP contribution is 2.20. The fraction of sp³-hybridized carbons (Fsp3) is 0.647. The van der Waals surface area contributed by atoms with Gasteiger partial charge in [0.1, 0.15) is 0 Å². The summed E-state index contributed by atoms with van der Waals surface area (Å²) in [4.78, 5) is 0. The quantitative estimate of drug-likeness (QED) is 0.701. The molecule has 0 aliphatic carbocycles. The van der Waals surface area contributed by atoms with Crippen LogP contribution < -0.4 is 5.32 Å². The van der Waals surface area contributed by atoms with Crippen molar-refractivity contribution in [3.8, 4) is 0 Å². The van der Waals surface area contributed by atoms with Gasteiger partial charge in [0.2, 0.25) is 0 Å². The number of rotatable bonds is 4. The van der Waals surface area contributed by atoms with E-state index in [1.165, 1.54) is 62.6 Å². The summed E-state index contributed by atoms with van der Waals surface area (Å²) >= 11 is 0. The Morgan fingerprint density at radius 1 is 0.944 bits per heavy atom. The Bertz CT molecular complexity index is 277. The summed E-state index contributed by atoms with van der Waals surface area (Å²) in [6, 6.07) is 8.59. The maximum atomic E-state index is 3.43. The maximum absolute atomic E-state index is 3.43. The highest BCUT2D eigenvalue weighted by atomic mass is 14.9. The molecule has 1 nitrogen and oxygen atoms in total. The van der Waals surface area contributed by atoms with Crippen LogP contribution in [0, 0.1) is 0 Å². The molecule has 1 aliphatic heterocycles. The number of hydrogen-bond donors (Lipinski definition) is 1. The van der Waals surface area contributed by atoms with Gasteiger partial charge in [-0.2, -0.15) is 0 Å². The van der Waals surface area contributed by atoms with Gasteiger partial charge < -0.3 is 5.32 Å². The van der Waals surface area contributed by atoms with E-state index in [2.05, 4.69) is 43.4 Å². The van der Waals surface area contributed by atoms with E-state index in [4.69, 9.17) is 0 Å². The van der Waals surface area contributed by atoms with E-state index in [1.807, 2.05) is 0 Å². The van der Waals surface area contributed by atoms with Crippen molar-refractivity contribution in [1.82, 2.24) is 0 Å². The number of fused-ring (bicyclic) bond motifs is 1. The summed E-state index contributed by atoms with van der Waals surface area (Å²) in [7, 11) is 0. The minimum atomic E-state index is 1.14. The maximum Gasteiger partial charge on any atom is 0.0372 e. The Labute approximate surface area is 113 Å². The van der Waals surface area contributed by atoms with E-state index in [9.17, 15) is 0 Å². The molecule has 1 heteroatoms. The smallest absolute Gasteiger partial charge is 0.0372 e. The first-order valence-electron chi connectivity index (χ1n) is 7.70. The average molecular weight is 247 g/mol. The zero-order chi connectivity index (χ0) is 13.1. The molecule has 2 rings (SSSR count). The lowest BCUT2D eigenvalue weighted by atomic mass is 10.1. The van der Waals surface area contributed by atoms with Crippen LogP contribution in [0.5, 0.6) is 0 Å². The Morgan fingerprint density at radius 3 is 2.39 bits per heavy atom. The molecule has 1 heterocycles. The molecule has 18 heavy (non-hydrogen) atoms. The largest absolute Gasteiger partial charge is 0.385 e. The Morgan fingerprint density at radius 2 is 1.67 bits per heavy atom. The number of para-hydroxylation sites is 1.